The summed E-state index contributed by atoms with van der Waals surface area (Å²) in [7, 11) is 0. The highest BCUT2D eigenvalue weighted by Gasteiger charge is 2.13. The second-order valence-corrected chi connectivity index (χ2v) is 4.36. The van der Waals surface area contributed by atoms with Crippen LogP contribution >= 0.6 is 27.3 Å². The normalized spacial score (nSPS) is 9.86. The zero-order valence-corrected chi connectivity index (χ0v) is 9.98. The summed E-state index contributed by atoms with van der Waals surface area (Å²) in [5, 5.41) is 1.80. The zero-order chi connectivity index (χ0) is 10.6. The molecule has 76 valence electrons. The molecular formula is C9H9BrO3S. The largest absolute Gasteiger partial charge is 0.466 e. The van der Waals surface area contributed by atoms with Crippen molar-refractivity contribution in [3.8, 4) is 0 Å². The molecule has 0 unspecified atom stereocenters. The van der Waals surface area contributed by atoms with Gasteiger partial charge in [0.25, 0.3) is 0 Å². The van der Waals surface area contributed by atoms with Gasteiger partial charge in [-0.2, -0.15) is 0 Å². The second-order valence-electron chi connectivity index (χ2n) is 2.53. The highest BCUT2D eigenvalue weighted by Crippen LogP contribution is 2.21. The molecule has 0 aromatic carbocycles. The van der Waals surface area contributed by atoms with Gasteiger partial charge in [0.15, 0.2) is 5.78 Å². The molecule has 0 bridgehead atoms. The lowest BCUT2D eigenvalue weighted by Crippen LogP contribution is -2.10. The minimum Gasteiger partial charge on any atom is -0.466 e. The van der Waals surface area contributed by atoms with Crippen molar-refractivity contribution in [3.05, 3.63) is 20.8 Å². The van der Waals surface area contributed by atoms with Crippen molar-refractivity contribution in [3.63, 3.8) is 0 Å². The monoisotopic (exact) mass is 276 g/mol. The number of carbonyl (C=O) groups is 2. The van der Waals surface area contributed by atoms with E-state index >= 15 is 0 Å². The summed E-state index contributed by atoms with van der Waals surface area (Å²) in [6.07, 6.45) is -0.180. The quantitative estimate of drug-likeness (QED) is 0.482. The summed E-state index contributed by atoms with van der Waals surface area (Å²) in [5.74, 6) is -0.666. The number of thiophene rings is 1. The average Bonchev–Trinajstić information content (AvgIpc) is 2.52. The van der Waals surface area contributed by atoms with Crippen molar-refractivity contribution in [1.29, 1.82) is 0 Å². The predicted molar refractivity (Wildman–Crippen MR) is 57.6 cm³/mol. The number of rotatable bonds is 4. The molecule has 0 fully saturated rings. The predicted octanol–water partition coefficient (Wildman–Crippen LogP) is 2.65. The maximum Gasteiger partial charge on any atom is 0.313 e. The second kappa shape index (κ2) is 5.26. The van der Waals surface area contributed by atoms with Crippen LogP contribution in [0.25, 0.3) is 0 Å². The van der Waals surface area contributed by atoms with Crippen LogP contribution in [0.2, 0.25) is 0 Å². The molecule has 0 saturated heterocycles. The molecule has 3 nitrogen and oxygen atoms in total. The third-order valence-electron chi connectivity index (χ3n) is 1.45. The number of carbonyl (C=O) groups excluding carboxylic acids is 2. The van der Waals surface area contributed by atoms with E-state index in [0.29, 0.717) is 11.5 Å². The molecule has 0 aliphatic heterocycles. The van der Waals surface area contributed by atoms with E-state index < -0.39 is 5.97 Å². The minimum absolute atomic E-state index is 0.180. The van der Waals surface area contributed by atoms with E-state index in [1.165, 1.54) is 11.3 Å². The molecule has 0 aliphatic rings. The fraction of sp³-hybridized carbons (Fsp3) is 0.333. The van der Waals surface area contributed by atoms with Gasteiger partial charge in [0.2, 0.25) is 0 Å². The van der Waals surface area contributed by atoms with Gasteiger partial charge in [-0.05, 0) is 28.9 Å². The number of hydrogen-bond donors (Lipinski definition) is 0. The Kier molecular flexibility index (Phi) is 4.28. The summed E-state index contributed by atoms with van der Waals surface area (Å²) in [6, 6.07) is 1.70. The molecule has 0 saturated carbocycles. The van der Waals surface area contributed by atoms with Crippen molar-refractivity contribution in [2.24, 2.45) is 0 Å². The summed E-state index contributed by atoms with van der Waals surface area (Å²) >= 11 is 4.55. The van der Waals surface area contributed by atoms with Gasteiger partial charge in [-0.25, -0.2) is 0 Å². The number of halogens is 1. The van der Waals surface area contributed by atoms with Crippen LogP contribution < -0.4 is 0 Å². The molecule has 5 heteroatoms. The summed E-state index contributed by atoms with van der Waals surface area (Å²) in [5.41, 5.74) is 0. The van der Waals surface area contributed by atoms with Crippen molar-refractivity contribution in [2.75, 3.05) is 6.61 Å². The van der Waals surface area contributed by atoms with Crippen LogP contribution in [0.1, 0.15) is 23.0 Å². The standard InChI is InChI=1S/C9H9BrO3S/c1-2-13-9(12)4-7(11)8-3-6(10)5-14-8/h3,5H,2,4H2,1H3. The molecule has 0 N–H and O–H groups in total. The fourth-order valence-corrected chi connectivity index (χ4v) is 2.26. The molecule has 0 amide bonds. The van der Waals surface area contributed by atoms with E-state index in [1.54, 1.807) is 18.4 Å². The Bertz CT molecular complexity index is 346. The Morgan fingerprint density at radius 1 is 1.57 bits per heavy atom. The SMILES string of the molecule is CCOC(=O)CC(=O)c1cc(Br)cs1. The number of Topliss-reactive ketones (excluding diaryl/α,β-unsaturated/α-hetero) is 1. The topological polar surface area (TPSA) is 43.4 Å². The Labute approximate surface area is 94.2 Å². The van der Waals surface area contributed by atoms with Crippen LogP contribution in [0.4, 0.5) is 0 Å². The first-order valence-electron chi connectivity index (χ1n) is 4.06. The molecular weight excluding hydrogens is 268 g/mol. The number of ether oxygens (including phenoxy) is 1. The number of ketones is 1. The van der Waals surface area contributed by atoms with E-state index in [4.69, 9.17) is 0 Å². The molecule has 14 heavy (non-hydrogen) atoms. The Morgan fingerprint density at radius 3 is 2.79 bits per heavy atom. The van der Waals surface area contributed by atoms with Gasteiger partial charge in [0, 0.05) is 9.85 Å². The van der Waals surface area contributed by atoms with Gasteiger partial charge in [-0.15, -0.1) is 11.3 Å². The van der Waals surface area contributed by atoms with Crippen molar-refractivity contribution in [1.82, 2.24) is 0 Å². The van der Waals surface area contributed by atoms with Crippen molar-refractivity contribution < 1.29 is 14.3 Å². The van der Waals surface area contributed by atoms with Gasteiger partial charge >= 0.3 is 5.97 Å². The first-order chi connectivity index (χ1) is 6.63. The molecule has 0 aliphatic carbocycles. The number of esters is 1. The highest BCUT2D eigenvalue weighted by atomic mass is 79.9. The Balaban J connectivity index is 2.55. The fourth-order valence-electron chi connectivity index (χ4n) is 0.889. The molecule has 1 aromatic heterocycles. The average molecular weight is 277 g/mol. The van der Waals surface area contributed by atoms with Gasteiger partial charge in [-0.3, -0.25) is 9.59 Å². The minimum atomic E-state index is -0.470. The lowest BCUT2D eigenvalue weighted by Gasteiger charge is -1.98. The van der Waals surface area contributed by atoms with Gasteiger partial charge < -0.3 is 4.74 Å². The smallest absolute Gasteiger partial charge is 0.313 e. The van der Waals surface area contributed by atoms with E-state index in [0.717, 1.165) is 4.47 Å². The van der Waals surface area contributed by atoms with Crippen LogP contribution in [0, 0.1) is 0 Å². The van der Waals surface area contributed by atoms with Gasteiger partial charge in [0.05, 0.1) is 11.5 Å². The van der Waals surface area contributed by atoms with E-state index in [-0.39, 0.29) is 12.2 Å². The van der Waals surface area contributed by atoms with Gasteiger partial charge in [0.1, 0.15) is 6.42 Å². The van der Waals surface area contributed by atoms with Crippen LogP contribution in [-0.4, -0.2) is 18.4 Å². The molecule has 1 aromatic rings. The first-order valence-corrected chi connectivity index (χ1v) is 5.73. The summed E-state index contributed by atoms with van der Waals surface area (Å²) in [4.78, 5) is 23.0. The third-order valence-corrected chi connectivity index (χ3v) is 3.18. The lowest BCUT2D eigenvalue weighted by atomic mass is 10.2. The maximum atomic E-state index is 11.4. The number of hydrogen-bond acceptors (Lipinski definition) is 4. The Morgan fingerprint density at radius 2 is 2.29 bits per heavy atom. The van der Waals surface area contributed by atoms with Crippen LogP contribution in [0.5, 0.6) is 0 Å². The highest BCUT2D eigenvalue weighted by molar-refractivity contribution is 9.10. The van der Waals surface area contributed by atoms with E-state index in [2.05, 4.69) is 20.7 Å². The molecule has 0 radical (unpaired) electrons. The molecule has 1 rings (SSSR count). The molecule has 0 spiro atoms. The third kappa shape index (κ3) is 3.23. The lowest BCUT2D eigenvalue weighted by molar-refractivity contribution is -0.141. The maximum absolute atomic E-state index is 11.4. The van der Waals surface area contributed by atoms with Gasteiger partial charge in [-0.1, -0.05) is 0 Å². The summed E-state index contributed by atoms with van der Waals surface area (Å²) in [6.45, 7) is 2.02. The zero-order valence-electron chi connectivity index (χ0n) is 7.58. The first kappa shape index (κ1) is 11.4. The Hall–Kier alpha value is -0.680. The van der Waals surface area contributed by atoms with Crippen LogP contribution in [0.15, 0.2) is 15.9 Å². The summed E-state index contributed by atoms with van der Waals surface area (Å²) < 4.78 is 5.53. The van der Waals surface area contributed by atoms with Crippen molar-refractivity contribution in [2.45, 2.75) is 13.3 Å². The van der Waals surface area contributed by atoms with Crippen molar-refractivity contribution >= 4 is 39.0 Å². The van der Waals surface area contributed by atoms with E-state index in [9.17, 15) is 9.59 Å². The van der Waals surface area contributed by atoms with Crippen LogP contribution in [-0.2, 0) is 9.53 Å². The molecule has 1 heterocycles. The van der Waals surface area contributed by atoms with E-state index in [1.807, 2.05) is 0 Å². The molecule has 0 atom stereocenters. The van der Waals surface area contributed by atoms with Crippen LogP contribution in [0.3, 0.4) is 0 Å².